The number of likely N-dealkylation sites (N-methyl/N-ethyl adjacent to an activating group) is 1. The lowest BCUT2D eigenvalue weighted by Gasteiger charge is -2.34. The Bertz CT molecular complexity index is 1490. The van der Waals surface area contributed by atoms with E-state index in [4.69, 9.17) is 4.74 Å². The summed E-state index contributed by atoms with van der Waals surface area (Å²) in [4.78, 5) is 20.3. The zero-order chi connectivity index (χ0) is 27.5. The van der Waals surface area contributed by atoms with Crippen LogP contribution < -0.4 is 15.0 Å². The van der Waals surface area contributed by atoms with E-state index in [1.54, 1.807) is 36.5 Å². The molecule has 0 spiro atoms. The van der Waals surface area contributed by atoms with E-state index in [1.165, 1.54) is 37.1 Å². The van der Waals surface area contributed by atoms with Crippen LogP contribution in [0.3, 0.4) is 0 Å². The number of hydrogen-bond donors (Lipinski definition) is 1. The molecule has 11 nitrogen and oxygen atoms in total. The Labute approximate surface area is 228 Å². The molecule has 1 saturated heterocycles. The molecule has 0 aliphatic carbocycles. The Morgan fingerprint density at radius 3 is 2.49 bits per heavy atom. The zero-order valence-electron chi connectivity index (χ0n) is 21.7. The van der Waals surface area contributed by atoms with Gasteiger partial charge < -0.3 is 19.9 Å². The zero-order valence-corrected chi connectivity index (χ0v) is 22.5. The van der Waals surface area contributed by atoms with Crippen molar-refractivity contribution in [3.05, 3.63) is 70.7 Å². The minimum Gasteiger partial charge on any atom is -0.494 e. The third-order valence-corrected chi connectivity index (χ3v) is 7.15. The molecule has 202 valence electrons. The van der Waals surface area contributed by atoms with E-state index in [1.807, 2.05) is 22.8 Å². The fraction of sp³-hybridized carbons (Fsp3) is 0.269. The smallest absolute Gasteiger partial charge is 0.294 e. The van der Waals surface area contributed by atoms with Crippen LogP contribution >= 0.6 is 11.8 Å². The molecular formula is C26H27FN8O3S. The van der Waals surface area contributed by atoms with Gasteiger partial charge in [-0.3, -0.25) is 14.7 Å². The average Bonchev–Trinajstić information content (AvgIpc) is 3.38. The van der Waals surface area contributed by atoms with E-state index in [-0.39, 0.29) is 16.4 Å². The first-order valence-electron chi connectivity index (χ1n) is 12.2. The number of nitrogens with zero attached hydrogens (tertiary/aromatic N) is 7. The highest BCUT2D eigenvalue weighted by Gasteiger charge is 2.26. The Morgan fingerprint density at radius 2 is 1.82 bits per heavy atom. The van der Waals surface area contributed by atoms with Crippen LogP contribution in [-0.4, -0.2) is 76.2 Å². The molecule has 39 heavy (non-hydrogen) atoms. The van der Waals surface area contributed by atoms with Gasteiger partial charge in [0, 0.05) is 56.1 Å². The lowest BCUT2D eigenvalue weighted by Crippen LogP contribution is -2.44. The summed E-state index contributed by atoms with van der Waals surface area (Å²) in [7, 11) is 3.56. The number of hydrogen-bond acceptors (Lipinski definition) is 10. The van der Waals surface area contributed by atoms with E-state index < -0.39 is 0 Å². The van der Waals surface area contributed by atoms with Gasteiger partial charge >= 0.3 is 0 Å². The predicted molar refractivity (Wildman–Crippen MR) is 149 cm³/mol. The molecule has 0 amide bonds. The van der Waals surface area contributed by atoms with Gasteiger partial charge in [0.25, 0.3) is 5.69 Å². The van der Waals surface area contributed by atoms with E-state index in [9.17, 15) is 14.5 Å². The van der Waals surface area contributed by atoms with Crippen molar-refractivity contribution in [2.45, 2.75) is 5.16 Å². The largest absolute Gasteiger partial charge is 0.494 e. The normalized spacial score (nSPS) is 13.9. The molecule has 0 unspecified atom stereocenters. The second-order valence-electron chi connectivity index (χ2n) is 8.97. The number of nitrogens with one attached hydrogen (secondary N) is 1. The summed E-state index contributed by atoms with van der Waals surface area (Å²) in [6.07, 6.45) is 3.51. The molecule has 1 aliphatic heterocycles. The van der Waals surface area contributed by atoms with Crippen molar-refractivity contribution >= 4 is 34.6 Å². The van der Waals surface area contributed by atoms with Crippen molar-refractivity contribution in [3.63, 3.8) is 0 Å². The maximum atomic E-state index is 13.5. The first-order valence-corrected chi connectivity index (χ1v) is 13.4. The van der Waals surface area contributed by atoms with Crippen LogP contribution in [0.4, 0.5) is 27.3 Å². The van der Waals surface area contributed by atoms with Gasteiger partial charge in [0.05, 0.1) is 23.4 Å². The molecule has 0 bridgehead atoms. The second kappa shape index (κ2) is 11.3. The second-order valence-corrected chi connectivity index (χ2v) is 9.74. The standard InChI is InChI=1S/C26H27FN8O3S/c1-32-10-12-33(13-11-32)21-16-23(38-2)20(15-22(21)35(36)37)29-24-14-19(8-9-28-24)34-25(30-31-26(34)39-3)17-4-6-18(27)7-5-17/h4-9,14-16H,10-13H2,1-3H3,(H,28,29). The van der Waals surface area contributed by atoms with Crippen molar-refractivity contribution in [1.82, 2.24) is 24.6 Å². The highest BCUT2D eigenvalue weighted by Crippen LogP contribution is 2.40. The van der Waals surface area contributed by atoms with Gasteiger partial charge in [-0.1, -0.05) is 11.8 Å². The number of nitro benzene ring substituents is 1. The summed E-state index contributed by atoms with van der Waals surface area (Å²) in [5, 5.41) is 24.5. The average molecular weight is 551 g/mol. The van der Waals surface area contributed by atoms with Crippen LogP contribution in [0.2, 0.25) is 0 Å². The number of piperazine rings is 1. The topological polar surface area (TPSA) is 114 Å². The summed E-state index contributed by atoms with van der Waals surface area (Å²) in [5.41, 5.74) is 2.34. The van der Waals surface area contributed by atoms with Crippen LogP contribution in [0.25, 0.3) is 17.1 Å². The minimum atomic E-state index is -0.376. The monoisotopic (exact) mass is 550 g/mol. The highest BCUT2D eigenvalue weighted by molar-refractivity contribution is 7.98. The lowest BCUT2D eigenvalue weighted by molar-refractivity contribution is -0.384. The van der Waals surface area contributed by atoms with Gasteiger partial charge in [-0.15, -0.1) is 10.2 Å². The molecule has 1 N–H and O–H groups in total. The number of rotatable bonds is 8. The third-order valence-electron chi connectivity index (χ3n) is 6.52. The van der Waals surface area contributed by atoms with E-state index in [0.29, 0.717) is 58.3 Å². The van der Waals surface area contributed by atoms with Crippen LogP contribution in [0.1, 0.15) is 0 Å². The Morgan fingerprint density at radius 1 is 1.08 bits per heavy atom. The van der Waals surface area contributed by atoms with Crippen LogP contribution in [0.5, 0.6) is 5.75 Å². The van der Waals surface area contributed by atoms with E-state index in [0.717, 1.165) is 13.1 Å². The lowest BCUT2D eigenvalue weighted by atomic mass is 10.1. The van der Waals surface area contributed by atoms with Crippen LogP contribution in [-0.2, 0) is 0 Å². The van der Waals surface area contributed by atoms with Gasteiger partial charge in [0.2, 0.25) is 0 Å². The molecule has 0 atom stereocenters. The molecule has 5 rings (SSSR count). The number of nitro groups is 1. The Hall–Kier alpha value is -4.23. The summed E-state index contributed by atoms with van der Waals surface area (Å²) < 4.78 is 21.0. The molecule has 2 aromatic carbocycles. The quantitative estimate of drug-likeness (QED) is 0.190. The molecule has 2 aromatic heterocycles. The van der Waals surface area contributed by atoms with Gasteiger partial charge in [0.15, 0.2) is 11.0 Å². The summed E-state index contributed by atoms with van der Waals surface area (Å²) in [5.74, 6) is 1.11. The molecular weight excluding hydrogens is 523 g/mol. The summed E-state index contributed by atoms with van der Waals surface area (Å²) in [6, 6.07) is 12.8. The number of thioether (sulfide) groups is 1. The number of anilines is 3. The number of benzene rings is 2. The molecule has 1 fully saturated rings. The molecule has 4 aromatic rings. The first kappa shape index (κ1) is 26.4. The highest BCUT2D eigenvalue weighted by atomic mass is 32.2. The number of pyridine rings is 1. The number of halogens is 1. The van der Waals surface area contributed by atoms with Crippen molar-refractivity contribution in [2.75, 3.05) is 56.8 Å². The third kappa shape index (κ3) is 5.49. The summed E-state index contributed by atoms with van der Waals surface area (Å²) in [6.45, 7) is 3.00. The predicted octanol–water partition coefficient (Wildman–Crippen LogP) is 4.60. The van der Waals surface area contributed by atoms with Gasteiger partial charge in [-0.2, -0.15) is 0 Å². The fourth-order valence-corrected chi connectivity index (χ4v) is 4.95. The Kier molecular flexibility index (Phi) is 7.61. The van der Waals surface area contributed by atoms with Crippen LogP contribution in [0.15, 0.2) is 59.9 Å². The Balaban J connectivity index is 1.51. The maximum absolute atomic E-state index is 13.5. The number of methoxy groups -OCH3 is 1. The van der Waals surface area contributed by atoms with Crippen molar-refractivity contribution in [2.24, 2.45) is 0 Å². The molecule has 1 aliphatic rings. The summed E-state index contributed by atoms with van der Waals surface area (Å²) >= 11 is 1.42. The first-order chi connectivity index (χ1) is 18.9. The molecule has 0 saturated carbocycles. The number of ether oxygens (including phenoxy) is 1. The SMILES string of the molecule is COc1cc(N2CCN(C)CC2)c([N+](=O)[O-])cc1Nc1cc(-n2c(SC)nnc2-c2ccc(F)cc2)ccn1. The van der Waals surface area contributed by atoms with Crippen molar-refractivity contribution in [3.8, 4) is 22.8 Å². The van der Waals surface area contributed by atoms with Gasteiger partial charge in [-0.05, 0) is 43.6 Å². The fourth-order valence-electron chi connectivity index (χ4n) is 4.46. The molecule has 13 heteroatoms. The van der Waals surface area contributed by atoms with E-state index >= 15 is 0 Å². The van der Waals surface area contributed by atoms with E-state index in [2.05, 4.69) is 25.4 Å². The van der Waals surface area contributed by atoms with Gasteiger partial charge in [0.1, 0.15) is 23.1 Å². The van der Waals surface area contributed by atoms with Crippen molar-refractivity contribution < 1.29 is 14.1 Å². The van der Waals surface area contributed by atoms with Gasteiger partial charge in [-0.25, -0.2) is 9.37 Å². The molecule has 0 radical (unpaired) electrons. The maximum Gasteiger partial charge on any atom is 0.294 e. The number of aromatic nitrogens is 4. The van der Waals surface area contributed by atoms with Crippen molar-refractivity contribution in [1.29, 1.82) is 0 Å². The van der Waals surface area contributed by atoms with Crippen LogP contribution in [0, 0.1) is 15.9 Å². The minimum absolute atomic E-state index is 0.0129. The molecule has 3 heterocycles.